The highest BCUT2D eigenvalue weighted by atomic mass is 35.5. The largest absolute Gasteiger partial charge is 0.489 e. The van der Waals surface area contributed by atoms with Crippen molar-refractivity contribution in [3.63, 3.8) is 0 Å². The zero-order valence-corrected chi connectivity index (χ0v) is 10.5. The summed E-state index contributed by atoms with van der Waals surface area (Å²) in [6.07, 6.45) is 0.903. The van der Waals surface area contributed by atoms with Crippen LogP contribution in [0.4, 0.5) is 4.39 Å². The predicted octanol–water partition coefficient (Wildman–Crippen LogP) is 3.92. The maximum absolute atomic E-state index is 13.1. The Bertz CT molecular complexity index is 403. The van der Waals surface area contributed by atoms with Gasteiger partial charge in [-0.05, 0) is 18.6 Å². The molecule has 1 saturated carbocycles. The van der Waals surface area contributed by atoms with Crippen LogP contribution in [0, 0.1) is 18.2 Å². The number of aryl methyl sites for hydroxylation is 1. The molecule has 0 bridgehead atoms. The van der Waals surface area contributed by atoms with Crippen molar-refractivity contribution in [2.24, 2.45) is 5.41 Å². The van der Waals surface area contributed by atoms with Gasteiger partial charge in [-0.3, -0.25) is 0 Å². The van der Waals surface area contributed by atoms with E-state index in [1.165, 1.54) is 12.1 Å². The number of hydrogen-bond donors (Lipinski definition) is 0. The molecule has 0 heterocycles. The van der Waals surface area contributed by atoms with Crippen molar-refractivity contribution < 1.29 is 9.13 Å². The lowest BCUT2D eigenvalue weighted by molar-refractivity contribution is -0.0136. The highest BCUT2D eigenvalue weighted by Crippen LogP contribution is 2.46. The number of benzene rings is 1. The van der Waals surface area contributed by atoms with E-state index in [9.17, 15) is 4.39 Å². The highest BCUT2D eigenvalue weighted by Gasteiger charge is 2.49. The molecule has 0 radical (unpaired) electrons. The van der Waals surface area contributed by atoms with Crippen molar-refractivity contribution in [2.75, 3.05) is 0 Å². The minimum Gasteiger partial charge on any atom is -0.489 e. The molecule has 88 valence electrons. The van der Waals surface area contributed by atoms with Gasteiger partial charge in [0.2, 0.25) is 0 Å². The minimum atomic E-state index is -0.264. The van der Waals surface area contributed by atoms with Crippen LogP contribution < -0.4 is 4.74 Å². The number of alkyl halides is 1. The van der Waals surface area contributed by atoms with E-state index in [1.54, 1.807) is 6.07 Å². The van der Waals surface area contributed by atoms with Crippen LogP contribution in [0.1, 0.15) is 25.8 Å². The van der Waals surface area contributed by atoms with Gasteiger partial charge >= 0.3 is 0 Å². The molecule has 0 aromatic heterocycles. The molecule has 0 amide bonds. The van der Waals surface area contributed by atoms with Crippen molar-refractivity contribution in [2.45, 2.75) is 38.7 Å². The quantitative estimate of drug-likeness (QED) is 0.715. The lowest BCUT2D eigenvalue weighted by Gasteiger charge is -2.48. The average Bonchev–Trinajstić information content (AvgIpc) is 2.23. The summed E-state index contributed by atoms with van der Waals surface area (Å²) in [7, 11) is 0. The summed E-state index contributed by atoms with van der Waals surface area (Å²) in [6, 6.07) is 4.61. The molecule has 0 aliphatic heterocycles. The maximum Gasteiger partial charge on any atom is 0.126 e. The van der Waals surface area contributed by atoms with Gasteiger partial charge in [-0.25, -0.2) is 4.39 Å². The van der Waals surface area contributed by atoms with Crippen LogP contribution in [-0.4, -0.2) is 11.5 Å². The molecule has 1 nitrogen and oxygen atoms in total. The van der Waals surface area contributed by atoms with Crippen LogP contribution in [0.5, 0.6) is 5.75 Å². The van der Waals surface area contributed by atoms with Gasteiger partial charge in [0.15, 0.2) is 0 Å². The smallest absolute Gasteiger partial charge is 0.126 e. The molecule has 2 atom stereocenters. The van der Waals surface area contributed by atoms with Crippen molar-refractivity contribution in [1.29, 1.82) is 0 Å². The van der Waals surface area contributed by atoms with Gasteiger partial charge < -0.3 is 4.74 Å². The lowest BCUT2D eigenvalue weighted by atomic mass is 9.68. The molecular formula is C13H16ClFO. The molecule has 1 fully saturated rings. The summed E-state index contributed by atoms with van der Waals surface area (Å²) in [5, 5.41) is 0.145. The molecule has 0 N–H and O–H groups in total. The first-order valence-electron chi connectivity index (χ1n) is 5.48. The van der Waals surface area contributed by atoms with Crippen molar-refractivity contribution in [3.8, 4) is 5.75 Å². The molecule has 1 aromatic carbocycles. The van der Waals surface area contributed by atoms with E-state index in [0.717, 1.165) is 12.0 Å². The number of halogens is 2. The highest BCUT2D eigenvalue weighted by molar-refractivity contribution is 6.21. The first-order chi connectivity index (χ1) is 7.41. The minimum absolute atomic E-state index is 0.0414. The first-order valence-corrected chi connectivity index (χ1v) is 5.92. The van der Waals surface area contributed by atoms with E-state index in [0.29, 0.717) is 5.75 Å². The molecule has 3 heteroatoms. The molecule has 0 spiro atoms. The van der Waals surface area contributed by atoms with Gasteiger partial charge in [0, 0.05) is 23.3 Å². The van der Waals surface area contributed by atoms with Gasteiger partial charge in [-0.1, -0.05) is 19.9 Å². The van der Waals surface area contributed by atoms with Crippen LogP contribution in [-0.2, 0) is 0 Å². The average molecular weight is 243 g/mol. The molecule has 0 saturated heterocycles. The molecule has 16 heavy (non-hydrogen) atoms. The first kappa shape index (κ1) is 11.7. The molecule has 1 aromatic rings. The second-order valence-electron chi connectivity index (χ2n) is 5.04. The van der Waals surface area contributed by atoms with E-state index in [1.807, 2.05) is 6.92 Å². The standard InChI is InChI=1S/C13H16ClFO/c1-8-4-5-9(15)6-10(8)16-12-7-11(14)13(12,2)3/h4-6,11-12H,7H2,1-3H3. The summed E-state index contributed by atoms with van der Waals surface area (Å²) in [5.74, 6) is 0.363. The monoisotopic (exact) mass is 242 g/mol. The van der Waals surface area contributed by atoms with Gasteiger partial charge in [0.25, 0.3) is 0 Å². The molecule has 1 aliphatic rings. The Morgan fingerprint density at radius 1 is 1.44 bits per heavy atom. The van der Waals surface area contributed by atoms with Crippen LogP contribution in [0.15, 0.2) is 18.2 Å². The fourth-order valence-corrected chi connectivity index (χ4v) is 2.19. The van der Waals surface area contributed by atoms with Crippen molar-refractivity contribution in [3.05, 3.63) is 29.6 Å². The Balaban J connectivity index is 2.13. The summed E-state index contributed by atoms with van der Waals surface area (Å²) in [5.41, 5.74) is 0.913. The third kappa shape index (κ3) is 1.91. The molecule has 2 unspecified atom stereocenters. The SMILES string of the molecule is Cc1ccc(F)cc1OC1CC(Cl)C1(C)C. The molecule has 1 aliphatic carbocycles. The molecular weight excluding hydrogens is 227 g/mol. The van der Waals surface area contributed by atoms with Gasteiger partial charge in [0.1, 0.15) is 17.7 Å². The summed E-state index contributed by atoms with van der Waals surface area (Å²) in [6.45, 7) is 6.07. The third-order valence-electron chi connectivity index (χ3n) is 3.48. The predicted molar refractivity (Wildman–Crippen MR) is 63.6 cm³/mol. The van der Waals surface area contributed by atoms with Crippen LogP contribution >= 0.6 is 11.6 Å². The lowest BCUT2D eigenvalue weighted by Crippen LogP contribution is -2.53. The topological polar surface area (TPSA) is 9.23 Å². The summed E-state index contributed by atoms with van der Waals surface area (Å²) < 4.78 is 18.9. The number of ether oxygens (including phenoxy) is 1. The van der Waals surface area contributed by atoms with Crippen LogP contribution in [0.2, 0.25) is 0 Å². The Morgan fingerprint density at radius 3 is 2.69 bits per heavy atom. The Morgan fingerprint density at radius 2 is 2.12 bits per heavy atom. The van der Waals surface area contributed by atoms with Crippen molar-refractivity contribution in [1.82, 2.24) is 0 Å². The van der Waals surface area contributed by atoms with E-state index < -0.39 is 0 Å². The van der Waals surface area contributed by atoms with E-state index >= 15 is 0 Å². The molecule has 2 rings (SSSR count). The summed E-state index contributed by atoms with van der Waals surface area (Å²) >= 11 is 6.12. The number of hydrogen-bond acceptors (Lipinski definition) is 1. The van der Waals surface area contributed by atoms with Gasteiger partial charge in [-0.15, -0.1) is 11.6 Å². The normalized spacial score (nSPS) is 27.3. The maximum atomic E-state index is 13.1. The van der Waals surface area contributed by atoms with Crippen LogP contribution in [0.3, 0.4) is 0 Å². The fraction of sp³-hybridized carbons (Fsp3) is 0.538. The Labute approximate surface area is 101 Å². The van der Waals surface area contributed by atoms with Crippen LogP contribution in [0.25, 0.3) is 0 Å². The van der Waals surface area contributed by atoms with E-state index in [-0.39, 0.29) is 22.7 Å². The third-order valence-corrected chi connectivity index (χ3v) is 4.22. The zero-order chi connectivity index (χ0) is 11.9. The number of rotatable bonds is 2. The van der Waals surface area contributed by atoms with E-state index in [2.05, 4.69) is 13.8 Å². The van der Waals surface area contributed by atoms with Crippen molar-refractivity contribution >= 4 is 11.6 Å². The Kier molecular flexibility index (Phi) is 2.87. The van der Waals surface area contributed by atoms with E-state index in [4.69, 9.17) is 16.3 Å². The second-order valence-corrected chi connectivity index (χ2v) is 5.57. The van der Waals surface area contributed by atoms with Gasteiger partial charge in [0.05, 0.1) is 0 Å². The second kappa shape index (κ2) is 3.92. The zero-order valence-electron chi connectivity index (χ0n) is 9.76. The summed E-state index contributed by atoms with van der Waals surface area (Å²) in [4.78, 5) is 0. The Hall–Kier alpha value is -0.760. The fourth-order valence-electron chi connectivity index (χ4n) is 1.89. The van der Waals surface area contributed by atoms with Gasteiger partial charge in [-0.2, -0.15) is 0 Å².